The molecule has 0 atom stereocenters. The summed E-state index contributed by atoms with van der Waals surface area (Å²) in [5, 5.41) is 19.7. The van der Waals surface area contributed by atoms with E-state index in [4.69, 9.17) is 0 Å². The molecule has 1 aromatic carbocycles. The number of carbonyl (C=O) groups is 1. The van der Waals surface area contributed by atoms with Crippen LogP contribution in [0.15, 0.2) is 36.5 Å². The van der Waals surface area contributed by atoms with Gasteiger partial charge in [0, 0.05) is 30.8 Å². The Hall–Kier alpha value is -2.34. The van der Waals surface area contributed by atoms with Crippen LogP contribution in [-0.2, 0) is 7.05 Å². The van der Waals surface area contributed by atoms with Crippen molar-refractivity contribution in [3.63, 3.8) is 0 Å². The van der Waals surface area contributed by atoms with E-state index in [-0.39, 0.29) is 18.1 Å². The van der Waals surface area contributed by atoms with Crippen LogP contribution in [0.2, 0.25) is 0 Å². The molecule has 0 aliphatic heterocycles. The van der Waals surface area contributed by atoms with Crippen LogP contribution in [0.1, 0.15) is 26.7 Å². The summed E-state index contributed by atoms with van der Waals surface area (Å²) in [5.41, 5.74) is 2.06. The SMILES string of the molecule is CCC(CC)(CO)CNC(=O)Nc1cn(C)nc1-c1ccccc1. The Morgan fingerprint density at radius 2 is 1.92 bits per heavy atom. The summed E-state index contributed by atoms with van der Waals surface area (Å²) in [6.07, 6.45) is 3.39. The van der Waals surface area contributed by atoms with Crippen LogP contribution in [0.3, 0.4) is 0 Å². The van der Waals surface area contributed by atoms with E-state index in [1.807, 2.05) is 51.2 Å². The Bertz CT molecular complexity index is 655. The highest BCUT2D eigenvalue weighted by atomic mass is 16.3. The molecule has 6 nitrogen and oxygen atoms in total. The molecule has 0 unspecified atom stereocenters. The molecule has 0 bridgehead atoms. The molecular formula is C18H26N4O2. The van der Waals surface area contributed by atoms with Crippen molar-refractivity contribution in [1.82, 2.24) is 15.1 Å². The molecule has 3 N–H and O–H groups in total. The maximum Gasteiger partial charge on any atom is 0.319 e. The minimum Gasteiger partial charge on any atom is -0.396 e. The normalized spacial score (nSPS) is 11.3. The van der Waals surface area contributed by atoms with Gasteiger partial charge in [0.15, 0.2) is 0 Å². The van der Waals surface area contributed by atoms with Crippen molar-refractivity contribution in [2.75, 3.05) is 18.5 Å². The van der Waals surface area contributed by atoms with Crippen LogP contribution < -0.4 is 10.6 Å². The lowest BCUT2D eigenvalue weighted by Crippen LogP contribution is -2.41. The second-order valence-electron chi connectivity index (χ2n) is 6.10. The summed E-state index contributed by atoms with van der Waals surface area (Å²) in [4.78, 5) is 12.3. The zero-order valence-corrected chi connectivity index (χ0v) is 14.5. The van der Waals surface area contributed by atoms with Gasteiger partial charge in [-0.05, 0) is 12.8 Å². The number of aromatic nitrogens is 2. The molecule has 1 heterocycles. The van der Waals surface area contributed by atoms with Gasteiger partial charge in [-0.1, -0.05) is 44.2 Å². The number of carbonyl (C=O) groups excluding carboxylic acids is 1. The maximum atomic E-state index is 12.3. The number of rotatable bonds is 7. The van der Waals surface area contributed by atoms with E-state index in [9.17, 15) is 9.90 Å². The molecule has 2 amide bonds. The third-order valence-corrected chi connectivity index (χ3v) is 4.58. The highest BCUT2D eigenvalue weighted by Crippen LogP contribution is 2.26. The van der Waals surface area contributed by atoms with E-state index in [0.29, 0.717) is 12.2 Å². The summed E-state index contributed by atoms with van der Waals surface area (Å²) in [6, 6.07) is 9.43. The van der Waals surface area contributed by atoms with Crippen molar-refractivity contribution in [1.29, 1.82) is 0 Å². The fraction of sp³-hybridized carbons (Fsp3) is 0.444. The van der Waals surface area contributed by atoms with E-state index < -0.39 is 0 Å². The number of anilines is 1. The predicted molar refractivity (Wildman–Crippen MR) is 95.8 cm³/mol. The van der Waals surface area contributed by atoms with Crippen LogP contribution in [0.25, 0.3) is 11.3 Å². The van der Waals surface area contributed by atoms with Gasteiger partial charge in [-0.25, -0.2) is 4.79 Å². The molecule has 24 heavy (non-hydrogen) atoms. The summed E-state index contributed by atoms with van der Waals surface area (Å²) in [7, 11) is 1.82. The van der Waals surface area contributed by atoms with Crippen LogP contribution in [0, 0.1) is 5.41 Å². The van der Waals surface area contributed by atoms with Crippen LogP contribution in [-0.4, -0.2) is 34.1 Å². The molecule has 130 valence electrons. The second kappa shape index (κ2) is 7.97. The van der Waals surface area contributed by atoms with E-state index in [1.54, 1.807) is 10.9 Å². The molecule has 0 saturated heterocycles. The van der Waals surface area contributed by atoms with Gasteiger partial charge in [0.25, 0.3) is 0 Å². The monoisotopic (exact) mass is 330 g/mol. The van der Waals surface area contributed by atoms with Gasteiger partial charge >= 0.3 is 6.03 Å². The van der Waals surface area contributed by atoms with Crippen LogP contribution in [0.4, 0.5) is 10.5 Å². The molecular weight excluding hydrogens is 304 g/mol. The van der Waals surface area contributed by atoms with Crippen molar-refractivity contribution in [3.05, 3.63) is 36.5 Å². The number of urea groups is 1. The fourth-order valence-electron chi connectivity index (χ4n) is 2.60. The van der Waals surface area contributed by atoms with E-state index in [0.717, 1.165) is 24.1 Å². The minimum absolute atomic E-state index is 0.0580. The molecule has 1 aromatic heterocycles. The number of nitrogens with one attached hydrogen (secondary N) is 2. The number of aryl methyl sites for hydroxylation is 1. The lowest BCUT2D eigenvalue weighted by Gasteiger charge is -2.29. The average molecular weight is 330 g/mol. The Kier molecular flexibility index (Phi) is 5.98. The van der Waals surface area contributed by atoms with Gasteiger partial charge in [0.2, 0.25) is 0 Å². The standard InChI is InChI=1S/C18H26N4O2/c1-4-18(5-2,13-23)12-19-17(24)20-15-11-22(3)21-16(15)14-9-7-6-8-10-14/h6-11,23H,4-5,12-13H2,1-3H3,(H2,19,20,24). The Labute approximate surface area is 142 Å². The molecule has 0 radical (unpaired) electrons. The van der Waals surface area contributed by atoms with Crippen molar-refractivity contribution in [2.45, 2.75) is 26.7 Å². The Morgan fingerprint density at radius 3 is 2.50 bits per heavy atom. The van der Waals surface area contributed by atoms with Crippen LogP contribution in [0.5, 0.6) is 0 Å². The molecule has 0 spiro atoms. The Morgan fingerprint density at radius 1 is 1.25 bits per heavy atom. The number of benzene rings is 1. The highest BCUT2D eigenvalue weighted by Gasteiger charge is 2.26. The van der Waals surface area contributed by atoms with Gasteiger partial charge in [-0.3, -0.25) is 4.68 Å². The first-order valence-corrected chi connectivity index (χ1v) is 8.28. The zero-order valence-electron chi connectivity index (χ0n) is 14.5. The third-order valence-electron chi connectivity index (χ3n) is 4.58. The summed E-state index contributed by atoms with van der Waals surface area (Å²) in [6.45, 7) is 4.54. The first kappa shape index (κ1) is 18.0. The highest BCUT2D eigenvalue weighted by molar-refractivity contribution is 5.93. The summed E-state index contributed by atoms with van der Waals surface area (Å²) in [5.74, 6) is 0. The van der Waals surface area contributed by atoms with E-state index in [1.165, 1.54) is 0 Å². The Balaban J connectivity index is 2.08. The van der Waals surface area contributed by atoms with E-state index in [2.05, 4.69) is 15.7 Å². The molecule has 0 aliphatic carbocycles. The first-order chi connectivity index (χ1) is 11.5. The fourth-order valence-corrected chi connectivity index (χ4v) is 2.60. The minimum atomic E-state index is -0.292. The maximum absolute atomic E-state index is 12.3. The van der Waals surface area contributed by atoms with Gasteiger partial charge in [-0.15, -0.1) is 0 Å². The molecule has 6 heteroatoms. The summed E-state index contributed by atoms with van der Waals surface area (Å²) >= 11 is 0. The van der Waals surface area contributed by atoms with Crippen molar-refractivity contribution < 1.29 is 9.90 Å². The third kappa shape index (κ3) is 4.14. The molecule has 0 saturated carbocycles. The largest absolute Gasteiger partial charge is 0.396 e. The van der Waals surface area contributed by atoms with E-state index >= 15 is 0 Å². The quantitative estimate of drug-likeness (QED) is 0.730. The van der Waals surface area contributed by atoms with Crippen molar-refractivity contribution in [3.8, 4) is 11.3 Å². The lowest BCUT2D eigenvalue weighted by atomic mass is 9.83. The average Bonchev–Trinajstić information content (AvgIpc) is 2.97. The van der Waals surface area contributed by atoms with Gasteiger partial charge in [0.1, 0.15) is 5.69 Å². The van der Waals surface area contributed by atoms with Crippen molar-refractivity contribution in [2.24, 2.45) is 12.5 Å². The smallest absolute Gasteiger partial charge is 0.319 e. The van der Waals surface area contributed by atoms with Gasteiger partial charge in [-0.2, -0.15) is 5.10 Å². The second-order valence-corrected chi connectivity index (χ2v) is 6.10. The molecule has 2 aromatic rings. The predicted octanol–water partition coefficient (Wildman–Crippen LogP) is 3.01. The first-order valence-electron chi connectivity index (χ1n) is 8.28. The molecule has 0 aliphatic rings. The van der Waals surface area contributed by atoms with Crippen molar-refractivity contribution >= 4 is 11.7 Å². The van der Waals surface area contributed by atoms with Gasteiger partial charge < -0.3 is 15.7 Å². The topological polar surface area (TPSA) is 79.2 Å². The number of hydrogen-bond donors (Lipinski definition) is 3. The number of aliphatic hydroxyl groups is 1. The van der Waals surface area contributed by atoms with Crippen LogP contribution >= 0.6 is 0 Å². The molecule has 2 rings (SSSR count). The van der Waals surface area contributed by atoms with Gasteiger partial charge in [0.05, 0.1) is 12.3 Å². The lowest BCUT2D eigenvalue weighted by molar-refractivity contribution is 0.116. The number of hydrogen-bond acceptors (Lipinski definition) is 3. The number of amides is 2. The summed E-state index contributed by atoms with van der Waals surface area (Å²) < 4.78 is 1.67. The number of nitrogens with zero attached hydrogens (tertiary/aromatic N) is 2. The number of aliphatic hydroxyl groups excluding tert-OH is 1. The zero-order chi connectivity index (χ0) is 17.6. The molecule has 0 fully saturated rings.